The average Bonchev–Trinajstić information content (AvgIpc) is 2.45. The van der Waals surface area contributed by atoms with Crippen molar-refractivity contribution in [3.05, 3.63) is 70.0 Å². The van der Waals surface area contributed by atoms with Crippen LogP contribution < -0.4 is 5.32 Å². The molecule has 0 unspecified atom stereocenters. The van der Waals surface area contributed by atoms with Crippen LogP contribution >= 0.6 is 11.6 Å². The average molecular weight is 289 g/mol. The van der Waals surface area contributed by atoms with Crippen LogP contribution in [0.3, 0.4) is 0 Å². The third-order valence-electron chi connectivity index (χ3n) is 3.07. The highest BCUT2D eigenvalue weighted by Crippen LogP contribution is 2.17. The Morgan fingerprint density at radius 3 is 2.60 bits per heavy atom. The molecule has 0 bridgehead atoms. The Balaban J connectivity index is 2.03. The molecule has 2 aromatic rings. The number of nitrogens with one attached hydrogen (secondary N) is 1. The van der Waals surface area contributed by atoms with Gasteiger partial charge in [-0.3, -0.25) is 0 Å². The van der Waals surface area contributed by atoms with Crippen LogP contribution in [0.2, 0.25) is 5.02 Å². The Kier molecular flexibility index (Phi) is 4.73. The first-order valence-corrected chi connectivity index (χ1v) is 6.64. The van der Waals surface area contributed by atoms with Crippen LogP contribution in [0, 0.1) is 17.1 Å². The van der Waals surface area contributed by atoms with E-state index < -0.39 is 0 Å². The van der Waals surface area contributed by atoms with E-state index in [0.717, 1.165) is 11.1 Å². The Morgan fingerprint density at radius 1 is 1.25 bits per heavy atom. The van der Waals surface area contributed by atoms with Crippen LogP contribution in [0.4, 0.5) is 4.39 Å². The van der Waals surface area contributed by atoms with E-state index in [0.29, 0.717) is 17.1 Å². The summed E-state index contributed by atoms with van der Waals surface area (Å²) in [5.74, 6) is -0.389. The summed E-state index contributed by atoms with van der Waals surface area (Å²) in [4.78, 5) is 0. The summed E-state index contributed by atoms with van der Waals surface area (Å²) in [5.41, 5.74) is 2.19. The van der Waals surface area contributed by atoms with Gasteiger partial charge in [0.15, 0.2) is 0 Å². The second-order valence-electron chi connectivity index (χ2n) is 4.61. The molecule has 0 saturated heterocycles. The molecule has 1 N–H and O–H groups in total. The third kappa shape index (κ3) is 3.80. The maximum Gasteiger partial charge on any atom is 0.124 e. The molecule has 1 atom stereocenters. The van der Waals surface area contributed by atoms with E-state index in [1.807, 2.05) is 37.3 Å². The zero-order chi connectivity index (χ0) is 14.5. The molecule has 102 valence electrons. The molecule has 2 rings (SSSR count). The van der Waals surface area contributed by atoms with Gasteiger partial charge in [0.2, 0.25) is 0 Å². The van der Waals surface area contributed by atoms with Gasteiger partial charge < -0.3 is 5.32 Å². The molecule has 0 heterocycles. The van der Waals surface area contributed by atoms with Crippen molar-refractivity contribution in [3.8, 4) is 6.07 Å². The summed E-state index contributed by atoms with van der Waals surface area (Å²) in [6.45, 7) is 2.52. The second kappa shape index (κ2) is 6.51. The van der Waals surface area contributed by atoms with Crippen molar-refractivity contribution in [2.24, 2.45) is 0 Å². The highest BCUT2D eigenvalue weighted by Gasteiger charge is 2.06. The Bertz CT molecular complexity index is 632. The maximum absolute atomic E-state index is 13.3. The Morgan fingerprint density at radius 2 is 1.95 bits per heavy atom. The molecule has 0 aliphatic carbocycles. The largest absolute Gasteiger partial charge is 0.306 e. The molecule has 2 aromatic carbocycles. The van der Waals surface area contributed by atoms with E-state index >= 15 is 0 Å². The number of halogens is 2. The predicted octanol–water partition coefficient (Wildman–Crippen LogP) is 4.20. The van der Waals surface area contributed by atoms with Crippen molar-refractivity contribution in [1.29, 1.82) is 5.26 Å². The molecule has 0 aromatic heterocycles. The van der Waals surface area contributed by atoms with Crippen LogP contribution in [-0.2, 0) is 6.54 Å². The molecule has 20 heavy (non-hydrogen) atoms. The summed E-state index contributed by atoms with van der Waals surface area (Å²) >= 11 is 5.85. The van der Waals surface area contributed by atoms with Crippen LogP contribution in [-0.4, -0.2) is 0 Å². The van der Waals surface area contributed by atoms with Gasteiger partial charge in [-0.25, -0.2) is 4.39 Å². The van der Waals surface area contributed by atoms with E-state index in [1.54, 1.807) is 6.07 Å². The van der Waals surface area contributed by atoms with Gasteiger partial charge in [0, 0.05) is 17.6 Å². The predicted molar refractivity (Wildman–Crippen MR) is 77.8 cm³/mol. The van der Waals surface area contributed by atoms with E-state index in [1.165, 1.54) is 12.1 Å². The number of nitriles is 1. The number of benzene rings is 2. The van der Waals surface area contributed by atoms with Crippen molar-refractivity contribution in [2.45, 2.75) is 19.5 Å². The number of hydrogen-bond acceptors (Lipinski definition) is 2. The van der Waals surface area contributed by atoms with Crippen LogP contribution in [0.1, 0.15) is 29.7 Å². The first-order valence-electron chi connectivity index (χ1n) is 6.27. The highest BCUT2D eigenvalue weighted by molar-refractivity contribution is 6.30. The number of rotatable bonds is 4. The zero-order valence-electron chi connectivity index (χ0n) is 11.0. The normalized spacial score (nSPS) is 11.9. The van der Waals surface area contributed by atoms with Crippen molar-refractivity contribution in [3.63, 3.8) is 0 Å². The van der Waals surface area contributed by atoms with Gasteiger partial charge in [0.25, 0.3) is 0 Å². The molecule has 2 nitrogen and oxygen atoms in total. The summed E-state index contributed by atoms with van der Waals surface area (Å²) in [6, 6.07) is 14.0. The van der Waals surface area contributed by atoms with Crippen LogP contribution in [0.5, 0.6) is 0 Å². The molecule has 0 aliphatic heterocycles. The van der Waals surface area contributed by atoms with Crippen molar-refractivity contribution < 1.29 is 4.39 Å². The molecule has 0 aliphatic rings. The minimum Gasteiger partial charge on any atom is -0.306 e. The summed E-state index contributed by atoms with van der Waals surface area (Å²) in [6.07, 6.45) is 0. The molecular formula is C16H14ClFN2. The van der Waals surface area contributed by atoms with Crippen LogP contribution in [0.15, 0.2) is 42.5 Å². The third-order valence-corrected chi connectivity index (χ3v) is 3.32. The monoisotopic (exact) mass is 288 g/mol. The maximum atomic E-state index is 13.3. The van der Waals surface area contributed by atoms with Gasteiger partial charge in [-0.2, -0.15) is 5.26 Å². The minimum absolute atomic E-state index is 0.112. The van der Waals surface area contributed by atoms with E-state index in [9.17, 15) is 4.39 Å². The van der Waals surface area contributed by atoms with Gasteiger partial charge in [-0.1, -0.05) is 23.7 Å². The molecule has 0 saturated carbocycles. The lowest BCUT2D eigenvalue weighted by Crippen LogP contribution is -2.18. The van der Waals surface area contributed by atoms with Crippen LogP contribution in [0.25, 0.3) is 0 Å². The molecule has 0 radical (unpaired) electrons. The first-order chi connectivity index (χ1) is 9.58. The van der Waals surface area contributed by atoms with Gasteiger partial charge in [-0.15, -0.1) is 0 Å². The summed E-state index contributed by atoms with van der Waals surface area (Å²) < 4.78 is 13.3. The van der Waals surface area contributed by atoms with Crippen molar-refractivity contribution >= 4 is 11.6 Å². The van der Waals surface area contributed by atoms with Gasteiger partial charge in [0.1, 0.15) is 5.82 Å². The lowest BCUT2D eigenvalue weighted by atomic mass is 10.1. The fraction of sp³-hybridized carbons (Fsp3) is 0.188. The molecular weight excluding hydrogens is 275 g/mol. The lowest BCUT2D eigenvalue weighted by molar-refractivity contribution is 0.569. The van der Waals surface area contributed by atoms with E-state index in [-0.39, 0.29) is 11.9 Å². The number of hydrogen-bond donors (Lipinski definition) is 1. The standard InChI is InChI=1S/C16H14ClFN2/c1-11(14-2-4-15(17)5-3-14)20-10-13-6-12(9-19)7-16(18)8-13/h2-8,11,20H,10H2,1H3/t11-/m1/s1. The quantitative estimate of drug-likeness (QED) is 0.915. The fourth-order valence-corrected chi connectivity index (χ4v) is 2.08. The van der Waals surface area contributed by atoms with Gasteiger partial charge in [0.05, 0.1) is 11.6 Å². The molecule has 4 heteroatoms. The SMILES string of the molecule is C[C@@H](NCc1cc(F)cc(C#N)c1)c1ccc(Cl)cc1. The van der Waals surface area contributed by atoms with E-state index in [4.69, 9.17) is 16.9 Å². The smallest absolute Gasteiger partial charge is 0.124 e. The highest BCUT2D eigenvalue weighted by atomic mass is 35.5. The summed E-state index contributed by atoms with van der Waals surface area (Å²) in [7, 11) is 0. The Labute approximate surface area is 122 Å². The molecule has 0 amide bonds. The topological polar surface area (TPSA) is 35.8 Å². The number of nitrogens with zero attached hydrogens (tertiary/aromatic N) is 1. The summed E-state index contributed by atoms with van der Waals surface area (Å²) in [5, 5.41) is 12.8. The molecule has 0 fully saturated rings. The van der Waals surface area contributed by atoms with Gasteiger partial charge >= 0.3 is 0 Å². The lowest BCUT2D eigenvalue weighted by Gasteiger charge is -2.14. The molecule has 0 spiro atoms. The first kappa shape index (κ1) is 14.5. The van der Waals surface area contributed by atoms with Crippen molar-refractivity contribution in [2.75, 3.05) is 0 Å². The Hall–Kier alpha value is -1.89. The fourth-order valence-electron chi connectivity index (χ4n) is 1.96. The van der Waals surface area contributed by atoms with Gasteiger partial charge in [-0.05, 0) is 48.4 Å². The van der Waals surface area contributed by atoms with E-state index in [2.05, 4.69) is 5.32 Å². The van der Waals surface area contributed by atoms with Crippen molar-refractivity contribution in [1.82, 2.24) is 5.32 Å². The zero-order valence-corrected chi connectivity index (χ0v) is 11.8. The second-order valence-corrected chi connectivity index (χ2v) is 5.05. The minimum atomic E-state index is -0.389.